The zero-order chi connectivity index (χ0) is 12.7. The predicted octanol–water partition coefficient (Wildman–Crippen LogP) is 0.945. The van der Waals surface area contributed by atoms with Gasteiger partial charge in [-0.1, -0.05) is 0 Å². The summed E-state index contributed by atoms with van der Waals surface area (Å²) in [5.74, 6) is -0.0227. The first-order valence-electron chi connectivity index (χ1n) is 5.57. The van der Waals surface area contributed by atoms with E-state index in [1.54, 1.807) is 24.6 Å². The van der Waals surface area contributed by atoms with Gasteiger partial charge in [-0.3, -0.25) is 10.1 Å². The second-order valence-electron chi connectivity index (χ2n) is 3.76. The van der Waals surface area contributed by atoms with E-state index in [1.165, 1.54) is 0 Å². The summed E-state index contributed by atoms with van der Waals surface area (Å²) in [5.41, 5.74) is 0. The number of carbonyl (C=O) groups is 1. The zero-order valence-electron chi connectivity index (χ0n) is 10.4. The fourth-order valence-electron chi connectivity index (χ4n) is 1.40. The Bertz CT molecular complexity index is 329. The summed E-state index contributed by atoms with van der Waals surface area (Å²) < 4.78 is 4.87. The standard InChI is InChI=1S/C11H19N3O2S/c1-8(10(15)12-4-6-16-3)14-9(2)11-13-5-7-17-11/h5,7-9,14H,4,6H2,1-3H3,(H,12,15). The van der Waals surface area contributed by atoms with E-state index in [2.05, 4.69) is 15.6 Å². The topological polar surface area (TPSA) is 63.2 Å². The molecule has 1 heterocycles. The smallest absolute Gasteiger partial charge is 0.236 e. The lowest BCUT2D eigenvalue weighted by atomic mass is 10.2. The van der Waals surface area contributed by atoms with Gasteiger partial charge in [-0.15, -0.1) is 11.3 Å². The van der Waals surface area contributed by atoms with Crippen molar-refractivity contribution in [3.63, 3.8) is 0 Å². The molecule has 2 atom stereocenters. The molecule has 0 bridgehead atoms. The molecule has 1 amide bonds. The Morgan fingerprint density at radius 2 is 2.35 bits per heavy atom. The molecule has 0 saturated carbocycles. The normalized spacial score (nSPS) is 14.3. The second kappa shape index (κ2) is 7.37. The fraction of sp³-hybridized carbons (Fsp3) is 0.636. The summed E-state index contributed by atoms with van der Waals surface area (Å²) in [6.07, 6.45) is 1.77. The minimum atomic E-state index is -0.245. The number of nitrogens with zero attached hydrogens (tertiary/aromatic N) is 1. The van der Waals surface area contributed by atoms with Crippen molar-refractivity contribution >= 4 is 17.2 Å². The largest absolute Gasteiger partial charge is 0.383 e. The quantitative estimate of drug-likeness (QED) is 0.714. The molecule has 0 aliphatic heterocycles. The van der Waals surface area contributed by atoms with Crippen LogP contribution in [0.4, 0.5) is 0 Å². The second-order valence-corrected chi connectivity index (χ2v) is 4.69. The maximum Gasteiger partial charge on any atom is 0.236 e. The SMILES string of the molecule is COCCNC(=O)C(C)NC(C)c1nccs1. The number of methoxy groups -OCH3 is 1. The molecule has 0 spiro atoms. The molecule has 0 saturated heterocycles. The Kier molecular flexibility index (Phi) is 6.10. The van der Waals surface area contributed by atoms with Gasteiger partial charge in [-0.25, -0.2) is 4.98 Å². The lowest BCUT2D eigenvalue weighted by Crippen LogP contribution is -2.44. The third-order valence-electron chi connectivity index (χ3n) is 2.32. The number of hydrogen-bond acceptors (Lipinski definition) is 5. The van der Waals surface area contributed by atoms with Crippen LogP contribution >= 0.6 is 11.3 Å². The Balaban J connectivity index is 2.32. The van der Waals surface area contributed by atoms with Crippen molar-refractivity contribution < 1.29 is 9.53 Å². The monoisotopic (exact) mass is 257 g/mol. The van der Waals surface area contributed by atoms with Crippen LogP contribution in [0.25, 0.3) is 0 Å². The van der Waals surface area contributed by atoms with E-state index in [-0.39, 0.29) is 18.0 Å². The molecule has 17 heavy (non-hydrogen) atoms. The van der Waals surface area contributed by atoms with Crippen LogP contribution in [0, 0.1) is 0 Å². The number of aromatic nitrogens is 1. The summed E-state index contributed by atoms with van der Waals surface area (Å²) >= 11 is 1.58. The van der Waals surface area contributed by atoms with E-state index in [1.807, 2.05) is 19.2 Å². The van der Waals surface area contributed by atoms with Gasteiger partial charge in [0.05, 0.1) is 18.7 Å². The zero-order valence-corrected chi connectivity index (χ0v) is 11.2. The molecular formula is C11H19N3O2S. The first kappa shape index (κ1) is 14.1. The molecule has 5 nitrogen and oxygen atoms in total. The first-order valence-corrected chi connectivity index (χ1v) is 6.45. The van der Waals surface area contributed by atoms with E-state index < -0.39 is 0 Å². The molecule has 1 rings (SSSR count). The summed E-state index contributed by atoms with van der Waals surface area (Å²) in [6.45, 7) is 4.90. The van der Waals surface area contributed by atoms with E-state index in [9.17, 15) is 4.79 Å². The summed E-state index contributed by atoms with van der Waals surface area (Å²) in [4.78, 5) is 15.9. The van der Waals surface area contributed by atoms with Crippen molar-refractivity contribution in [2.24, 2.45) is 0 Å². The Morgan fingerprint density at radius 1 is 1.59 bits per heavy atom. The lowest BCUT2D eigenvalue weighted by Gasteiger charge is -2.17. The molecule has 1 aromatic heterocycles. The van der Waals surface area contributed by atoms with Gasteiger partial charge in [0.2, 0.25) is 5.91 Å². The van der Waals surface area contributed by atoms with Gasteiger partial charge in [0, 0.05) is 25.2 Å². The average molecular weight is 257 g/mol. The van der Waals surface area contributed by atoms with Crippen LogP contribution in [0.15, 0.2) is 11.6 Å². The van der Waals surface area contributed by atoms with Gasteiger partial charge in [0.15, 0.2) is 0 Å². The minimum absolute atomic E-state index is 0.0227. The third-order valence-corrected chi connectivity index (χ3v) is 3.28. The number of rotatable bonds is 7. The van der Waals surface area contributed by atoms with Gasteiger partial charge < -0.3 is 10.1 Å². The Hall–Kier alpha value is -0.980. The highest BCUT2D eigenvalue weighted by molar-refractivity contribution is 7.09. The molecule has 2 unspecified atom stereocenters. The van der Waals surface area contributed by atoms with Crippen LogP contribution in [-0.4, -0.2) is 37.2 Å². The molecule has 96 valence electrons. The van der Waals surface area contributed by atoms with Crippen molar-refractivity contribution in [1.29, 1.82) is 0 Å². The molecule has 0 aromatic carbocycles. The van der Waals surface area contributed by atoms with Gasteiger partial charge in [0.25, 0.3) is 0 Å². The van der Waals surface area contributed by atoms with Crippen LogP contribution in [0.5, 0.6) is 0 Å². The van der Waals surface area contributed by atoms with Gasteiger partial charge in [0.1, 0.15) is 5.01 Å². The summed E-state index contributed by atoms with van der Waals surface area (Å²) in [5, 5.41) is 8.91. The molecule has 2 N–H and O–H groups in total. The molecule has 0 radical (unpaired) electrons. The highest BCUT2D eigenvalue weighted by Crippen LogP contribution is 2.15. The van der Waals surface area contributed by atoms with Crippen LogP contribution in [0.3, 0.4) is 0 Å². The van der Waals surface area contributed by atoms with Crippen molar-refractivity contribution in [3.05, 3.63) is 16.6 Å². The van der Waals surface area contributed by atoms with Crippen LogP contribution in [0.2, 0.25) is 0 Å². The summed E-state index contributed by atoms with van der Waals surface area (Å²) in [6, 6.07) is -0.163. The van der Waals surface area contributed by atoms with Crippen LogP contribution < -0.4 is 10.6 Å². The fourth-order valence-corrected chi connectivity index (χ4v) is 2.05. The minimum Gasteiger partial charge on any atom is -0.383 e. The van der Waals surface area contributed by atoms with Gasteiger partial charge >= 0.3 is 0 Å². The van der Waals surface area contributed by atoms with Gasteiger partial charge in [-0.2, -0.15) is 0 Å². The average Bonchev–Trinajstić information content (AvgIpc) is 2.82. The van der Waals surface area contributed by atoms with Crippen molar-refractivity contribution in [2.45, 2.75) is 25.9 Å². The van der Waals surface area contributed by atoms with Crippen LogP contribution in [-0.2, 0) is 9.53 Å². The molecular weight excluding hydrogens is 238 g/mol. The number of ether oxygens (including phenoxy) is 1. The summed E-state index contributed by atoms with van der Waals surface area (Å²) in [7, 11) is 1.61. The van der Waals surface area contributed by atoms with Crippen LogP contribution in [0.1, 0.15) is 24.9 Å². The molecule has 1 aromatic rings. The number of hydrogen-bond donors (Lipinski definition) is 2. The van der Waals surface area contributed by atoms with E-state index in [0.717, 1.165) is 5.01 Å². The van der Waals surface area contributed by atoms with Gasteiger partial charge in [-0.05, 0) is 13.8 Å². The molecule has 0 aliphatic carbocycles. The third kappa shape index (κ3) is 4.80. The predicted molar refractivity (Wildman–Crippen MR) is 68.0 cm³/mol. The highest BCUT2D eigenvalue weighted by atomic mass is 32.1. The number of carbonyl (C=O) groups excluding carboxylic acids is 1. The number of amides is 1. The first-order chi connectivity index (χ1) is 8.15. The number of thiazole rings is 1. The van der Waals surface area contributed by atoms with Crippen molar-refractivity contribution in [3.8, 4) is 0 Å². The Morgan fingerprint density at radius 3 is 2.94 bits per heavy atom. The lowest BCUT2D eigenvalue weighted by molar-refractivity contribution is -0.123. The highest BCUT2D eigenvalue weighted by Gasteiger charge is 2.16. The van der Waals surface area contributed by atoms with E-state index in [0.29, 0.717) is 13.2 Å². The Labute approximate surface area is 106 Å². The molecule has 0 aliphatic rings. The number of nitrogens with one attached hydrogen (secondary N) is 2. The molecule has 0 fully saturated rings. The molecule has 6 heteroatoms. The maximum atomic E-state index is 11.7. The van der Waals surface area contributed by atoms with E-state index in [4.69, 9.17) is 4.74 Å². The van der Waals surface area contributed by atoms with Crippen molar-refractivity contribution in [2.75, 3.05) is 20.3 Å². The van der Waals surface area contributed by atoms with Crippen molar-refractivity contribution in [1.82, 2.24) is 15.6 Å². The van der Waals surface area contributed by atoms with E-state index >= 15 is 0 Å². The maximum absolute atomic E-state index is 11.7.